The molecule has 6 heteroatoms. The SMILES string of the molecule is Cc1ccc(COC(=O)[N+](C)(C)CCc2cnc([C@](O)(c3ccccc3)C3CCCCC3)o2)cc1. The number of hydrogen-bond donors (Lipinski definition) is 1. The van der Waals surface area contributed by atoms with Crippen LogP contribution < -0.4 is 0 Å². The molecule has 1 aliphatic carbocycles. The van der Waals surface area contributed by atoms with Crippen molar-refractivity contribution in [1.82, 2.24) is 4.98 Å². The average molecular weight is 478 g/mol. The lowest BCUT2D eigenvalue weighted by Gasteiger charge is -2.36. The molecule has 1 fully saturated rings. The van der Waals surface area contributed by atoms with E-state index < -0.39 is 5.60 Å². The van der Waals surface area contributed by atoms with Gasteiger partial charge in [-0.15, -0.1) is 0 Å². The zero-order valence-corrected chi connectivity index (χ0v) is 21.1. The number of hydrogen-bond acceptors (Lipinski definition) is 5. The molecule has 1 atom stereocenters. The molecule has 0 unspecified atom stereocenters. The maximum absolute atomic E-state index is 12.7. The Bertz CT molecular complexity index is 1100. The fourth-order valence-electron chi connectivity index (χ4n) is 4.83. The summed E-state index contributed by atoms with van der Waals surface area (Å²) < 4.78 is 11.8. The van der Waals surface area contributed by atoms with Gasteiger partial charge < -0.3 is 14.3 Å². The molecular formula is C29H37N2O4+. The Balaban J connectivity index is 1.43. The lowest BCUT2D eigenvalue weighted by atomic mass is 9.73. The first-order chi connectivity index (χ1) is 16.8. The third-order valence-electron chi connectivity index (χ3n) is 7.18. The number of aromatic nitrogens is 1. The van der Waals surface area contributed by atoms with Crippen LogP contribution in [0, 0.1) is 12.8 Å². The van der Waals surface area contributed by atoms with Crippen LogP contribution >= 0.6 is 0 Å². The zero-order chi connectivity index (χ0) is 24.9. The number of quaternary nitrogens is 1. The second-order valence-corrected chi connectivity index (χ2v) is 10.3. The molecule has 1 heterocycles. The van der Waals surface area contributed by atoms with Gasteiger partial charge in [-0.3, -0.25) is 0 Å². The van der Waals surface area contributed by atoms with Crippen molar-refractivity contribution in [2.45, 2.75) is 57.7 Å². The van der Waals surface area contributed by atoms with Gasteiger partial charge in [0, 0.05) is 5.92 Å². The molecular weight excluding hydrogens is 440 g/mol. The van der Waals surface area contributed by atoms with Crippen LogP contribution in [-0.2, 0) is 23.4 Å². The summed E-state index contributed by atoms with van der Waals surface area (Å²) in [4.78, 5) is 17.3. The second kappa shape index (κ2) is 10.8. The van der Waals surface area contributed by atoms with Crippen molar-refractivity contribution < 1.29 is 23.5 Å². The van der Waals surface area contributed by atoms with Gasteiger partial charge in [0.2, 0.25) is 5.89 Å². The van der Waals surface area contributed by atoms with Crippen LogP contribution in [0.3, 0.4) is 0 Å². The van der Waals surface area contributed by atoms with Crippen molar-refractivity contribution in [3.05, 3.63) is 89.1 Å². The molecule has 6 nitrogen and oxygen atoms in total. The number of carbonyl (C=O) groups is 1. The summed E-state index contributed by atoms with van der Waals surface area (Å²) in [5, 5.41) is 12.0. The van der Waals surface area contributed by atoms with E-state index in [1.165, 1.54) is 12.0 Å². The van der Waals surface area contributed by atoms with Crippen LogP contribution in [0.2, 0.25) is 0 Å². The van der Waals surface area contributed by atoms with E-state index in [1.54, 1.807) is 6.20 Å². The first kappa shape index (κ1) is 25.1. The lowest BCUT2D eigenvalue weighted by Crippen LogP contribution is -2.47. The molecule has 3 aromatic rings. The highest BCUT2D eigenvalue weighted by molar-refractivity contribution is 5.59. The van der Waals surface area contributed by atoms with Gasteiger partial charge in [0.05, 0.1) is 33.3 Å². The summed E-state index contributed by atoms with van der Waals surface area (Å²) in [5.74, 6) is 1.06. The summed E-state index contributed by atoms with van der Waals surface area (Å²) in [6.45, 7) is 2.77. The number of amides is 1. The first-order valence-corrected chi connectivity index (χ1v) is 12.6. The Labute approximate surface area is 208 Å². The molecule has 186 valence electrons. The van der Waals surface area contributed by atoms with Crippen LogP contribution in [-0.4, -0.2) is 41.3 Å². The van der Waals surface area contributed by atoms with Gasteiger partial charge in [0.15, 0.2) is 5.60 Å². The van der Waals surface area contributed by atoms with Gasteiger partial charge in [-0.25, -0.2) is 9.47 Å². The topological polar surface area (TPSA) is 72.6 Å². The second-order valence-electron chi connectivity index (χ2n) is 10.3. The first-order valence-electron chi connectivity index (χ1n) is 12.6. The largest absolute Gasteiger partial charge is 0.515 e. The van der Waals surface area contributed by atoms with Gasteiger partial charge >= 0.3 is 6.09 Å². The van der Waals surface area contributed by atoms with E-state index in [1.807, 2.05) is 75.6 Å². The predicted octanol–water partition coefficient (Wildman–Crippen LogP) is 5.75. The molecule has 1 aromatic heterocycles. The standard InChI is InChI=1S/C29H37N2O4/c1-22-14-16-23(17-15-22)21-34-28(32)31(2,3)19-18-26-20-30-27(35-26)29(33,24-10-6-4-7-11-24)25-12-8-5-9-13-25/h4,6-7,10-11,14-17,20,25,33H,5,8-9,12-13,18-19,21H2,1-3H3/q+1/t29-/m0/s1. The lowest BCUT2D eigenvalue weighted by molar-refractivity contribution is -0.817. The molecule has 0 radical (unpaired) electrons. The molecule has 1 N–H and O–H groups in total. The number of rotatable bonds is 8. The molecule has 2 aromatic carbocycles. The Morgan fingerprint density at radius 1 is 1.09 bits per heavy atom. The molecule has 0 spiro atoms. The Morgan fingerprint density at radius 2 is 1.77 bits per heavy atom. The quantitative estimate of drug-likeness (QED) is 0.418. The van der Waals surface area contributed by atoms with E-state index in [4.69, 9.17) is 9.15 Å². The molecule has 1 aliphatic rings. The minimum Gasteiger partial charge on any atom is -0.442 e. The van der Waals surface area contributed by atoms with E-state index in [0.717, 1.165) is 36.8 Å². The number of nitrogens with zero attached hydrogens (tertiary/aromatic N) is 2. The summed E-state index contributed by atoms with van der Waals surface area (Å²) in [7, 11) is 3.66. The van der Waals surface area contributed by atoms with Gasteiger partial charge in [-0.05, 0) is 30.9 Å². The summed E-state index contributed by atoms with van der Waals surface area (Å²) in [6, 6.07) is 17.7. The predicted molar refractivity (Wildman–Crippen MR) is 135 cm³/mol. The molecule has 35 heavy (non-hydrogen) atoms. The molecule has 4 rings (SSSR count). The van der Waals surface area contributed by atoms with E-state index >= 15 is 0 Å². The van der Waals surface area contributed by atoms with Crippen molar-refractivity contribution >= 4 is 6.09 Å². The molecule has 1 saturated carbocycles. The summed E-state index contributed by atoms with van der Waals surface area (Å²) in [5.41, 5.74) is 1.70. The minimum atomic E-state index is -1.25. The Kier molecular flexibility index (Phi) is 7.72. The minimum absolute atomic E-state index is 0.0630. The normalized spacial score (nSPS) is 16.6. The van der Waals surface area contributed by atoms with Crippen LogP contribution in [0.5, 0.6) is 0 Å². The highest BCUT2D eigenvalue weighted by atomic mass is 16.6. The van der Waals surface area contributed by atoms with Crippen molar-refractivity contribution in [3.63, 3.8) is 0 Å². The third kappa shape index (κ3) is 5.82. The molecule has 0 aliphatic heterocycles. The number of oxazole rings is 1. The fourth-order valence-corrected chi connectivity index (χ4v) is 4.83. The fraction of sp³-hybridized carbons (Fsp3) is 0.448. The molecule has 1 amide bonds. The smallest absolute Gasteiger partial charge is 0.442 e. The van der Waals surface area contributed by atoms with Crippen molar-refractivity contribution in [2.75, 3.05) is 20.6 Å². The number of aliphatic hydroxyl groups is 1. The van der Waals surface area contributed by atoms with Gasteiger partial charge in [-0.2, -0.15) is 4.79 Å². The number of likely N-dealkylation sites (N-methyl/N-ethyl adjacent to an activating group) is 1. The van der Waals surface area contributed by atoms with E-state index in [2.05, 4.69) is 4.98 Å². The van der Waals surface area contributed by atoms with Crippen LogP contribution in [0.1, 0.15) is 60.4 Å². The van der Waals surface area contributed by atoms with Crippen LogP contribution in [0.15, 0.2) is 65.2 Å². The average Bonchev–Trinajstić information content (AvgIpc) is 3.37. The molecule has 0 bridgehead atoms. The number of aryl methyl sites for hydroxylation is 1. The summed E-state index contributed by atoms with van der Waals surface area (Å²) in [6.07, 6.45) is 7.19. The summed E-state index contributed by atoms with van der Waals surface area (Å²) >= 11 is 0. The Morgan fingerprint density at radius 3 is 2.46 bits per heavy atom. The number of carbonyl (C=O) groups excluding carboxylic acids is 1. The Hall–Kier alpha value is -2.96. The van der Waals surface area contributed by atoms with Crippen molar-refractivity contribution in [3.8, 4) is 0 Å². The zero-order valence-electron chi connectivity index (χ0n) is 21.1. The van der Waals surface area contributed by atoms with E-state index in [9.17, 15) is 9.90 Å². The van der Waals surface area contributed by atoms with Crippen LogP contribution in [0.4, 0.5) is 4.79 Å². The van der Waals surface area contributed by atoms with Gasteiger partial charge in [-0.1, -0.05) is 79.4 Å². The van der Waals surface area contributed by atoms with Crippen molar-refractivity contribution in [2.24, 2.45) is 5.92 Å². The monoisotopic (exact) mass is 477 g/mol. The van der Waals surface area contributed by atoms with Gasteiger partial charge in [0.25, 0.3) is 0 Å². The van der Waals surface area contributed by atoms with Crippen LogP contribution in [0.25, 0.3) is 0 Å². The number of benzene rings is 2. The maximum Gasteiger partial charge on any atom is 0.515 e. The maximum atomic E-state index is 12.7. The highest BCUT2D eigenvalue weighted by Crippen LogP contribution is 2.43. The van der Waals surface area contributed by atoms with Crippen molar-refractivity contribution in [1.29, 1.82) is 0 Å². The van der Waals surface area contributed by atoms with E-state index in [-0.39, 0.29) is 23.1 Å². The van der Waals surface area contributed by atoms with Gasteiger partial charge in [0.1, 0.15) is 12.4 Å². The molecule has 0 saturated heterocycles. The highest BCUT2D eigenvalue weighted by Gasteiger charge is 2.44. The third-order valence-corrected chi connectivity index (χ3v) is 7.18. The number of ether oxygens (including phenoxy) is 1. The van der Waals surface area contributed by atoms with E-state index in [0.29, 0.717) is 24.6 Å².